The lowest BCUT2D eigenvalue weighted by atomic mass is 10.3. The molecule has 2 aromatic carbocycles. The van der Waals surface area contributed by atoms with Crippen molar-refractivity contribution < 1.29 is 17.2 Å². The van der Waals surface area contributed by atoms with E-state index in [0.717, 1.165) is 12.1 Å². The van der Waals surface area contributed by atoms with Crippen molar-refractivity contribution in [2.75, 3.05) is 5.73 Å². The minimum atomic E-state index is -3.94. The standard InChI is InChI=1S/C12H9F2NO2S/c13-8-5-9(14)7-12(6-8)18(16,17)11-3-1-10(15)2-4-11/h1-7H,15H2. The molecule has 3 nitrogen and oxygen atoms in total. The summed E-state index contributed by atoms with van der Waals surface area (Å²) in [5.41, 5.74) is 5.84. The lowest BCUT2D eigenvalue weighted by Crippen LogP contribution is -2.03. The van der Waals surface area contributed by atoms with E-state index in [-0.39, 0.29) is 4.90 Å². The zero-order valence-corrected chi connectivity index (χ0v) is 9.92. The van der Waals surface area contributed by atoms with Crippen LogP contribution in [0.15, 0.2) is 52.3 Å². The van der Waals surface area contributed by atoms with Gasteiger partial charge >= 0.3 is 0 Å². The number of benzene rings is 2. The SMILES string of the molecule is Nc1ccc(S(=O)(=O)c2cc(F)cc(F)c2)cc1. The van der Waals surface area contributed by atoms with E-state index in [1.165, 1.54) is 24.3 Å². The largest absolute Gasteiger partial charge is 0.399 e. The number of hydrogen-bond donors (Lipinski definition) is 1. The molecule has 0 aromatic heterocycles. The molecule has 0 unspecified atom stereocenters. The third kappa shape index (κ3) is 2.33. The highest BCUT2D eigenvalue weighted by molar-refractivity contribution is 7.91. The minimum absolute atomic E-state index is 0.0679. The Morgan fingerprint density at radius 2 is 1.33 bits per heavy atom. The Labute approximate surface area is 103 Å². The summed E-state index contributed by atoms with van der Waals surface area (Å²) in [5, 5.41) is 0. The van der Waals surface area contributed by atoms with Gasteiger partial charge in [0.25, 0.3) is 0 Å². The molecule has 0 aliphatic carbocycles. The third-order valence-corrected chi connectivity index (χ3v) is 4.09. The normalized spacial score (nSPS) is 11.4. The summed E-state index contributed by atoms with van der Waals surface area (Å²) in [7, 11) is -3.94. The van der Waals surface area contributed by atoms with Crippen molar-refractivity contribution in [2.45, 2.75) is 9.79 Å². The van der Waals surface area contributed by atoms with Crippen LogP contribution < -0.4 is 5.73 Å². The maximum atomic E-state index is 13.0. The molecule has 18 heavy (non-hydrogen) atoms. The number of sulfone groups is 1. The van der Waals surface area contributed by atoms with Crippen molar-refractivity contribution in [2.24, 2.45) is 0 Å². The molecule has 94 valence electrons. The second kappa shape index (κ2) is 4.38. The zero-order chi connectivity index (χ0) is 13.3. The maximum absolute atomic E-state index is 13.0. The number of nitrogen functional groups attached to an aromatic ring is 1. The Hall–Kier alpha value is -1.95. The average molecular weight is 269 g/mol. The van der Waals surface area contributed by atoms with Gasteiger partial charge in [0, 0.05) is 11.8 Å². The van der Waals surface area contributed by atoms with Gasteiger partial charge in [0.15, 0.2) is 0 Å². The van der Waals surface area contributed by atoms with Crippen molar-refractivity contribution in [1.82, 2.24) is 0 Å². The molecule has 0 spiro atoms. The molecule has 0 fully saturated rings. The van der Waals surface area contributed by atoms with Crippen LogP contribution in [0.3, 0.4) is 0 Å². The molecular weight excluding hydrogens is 260 g/mol. The fraction of sp³-hybridized carbons (Fsp3) is 0. The third-order valence-electron chi connectivity index (χ3n) is 2.34. The van der Waals surface area contributed by atoms with Crippen molar-refractivity contribution in [3.05, 3.63) is 54.1 Å². The summed E-state index contributed by atoms with van der Waals surface area (Å²) < 4.78 is 50.2. The van der Waals surface area contributed by atoms with Gasteiger partial charge in [-0.3, -0.25) is 0 Å². The molecule has 6 heteroatoms. The summed E-state index contributed by atoms with van der Waals surface area (Å²) in [4.78, 5) is -0.494. The van der Waals surface area contributed by atoms with Gasteiger partial charge < -0.3 is 5.73 Å². The maximum Gasteiger partial charge on any atom is 0.206 e. The highest BCUT2D eigenvalue weighted by Crippen LogP contribution is 2.23. The van der Waals surface area contributed by atoms with Crippen LogP contribution in [-0.2, 0) is 9.84 Å². The van der Waals surface area contributed by atoms with Crippen LogP contribution in [-0.4, -0.2) is 8.42 Å². The molecule has 2 aromatic rings. The fourth-order valence-electron chi connectivity index (χ4n) is 1.47. The van der Waals surface area contributed by atoms with Crippen molar-refractivity contribution >= 4 is 15.5 Å². The molecule has 0 aliphatic rings. The summed E-state index contributed by atoms with van der Waals surface area (Å²) in [6, 6.07) is 7.54. The average Bonchev–Trinajstić information content (AvgIpc) is 2.28. The van der Waals surface area contributed by atoms with Crippen LogP contribution in [0.25, 0.3) is 0 Å². The molecule has 0 atom stereocenters. The van der Waals surface area contributed by atoms with Crippen LogP contribution in [0.1, 0.15) is 0 Å². The van der Waals surface area contributed by atoms with Crippen molar-refractivity contribution in [1.29, 1.82) is 0 Å². The first kappa shape index (κ1) is 12.5. The monoisotopic (exact) mass is 269 g/mol. The second-order valence-electron chi connectivity index (χ2n) is 3.68. The summed E-state index contributed by atoms with van der Waals surface area (Å²) >= 11 is 0. The Balaban J connectivity index is 2.57. The van der Waals surface area contributed by atoms with E-state index < -0.39 is 26.4 Å². The van der Waals surface area contributed by atoms with Crippen LogP contribution in [0.4, 0.5) is 14.5 Å². The Morgan fingerprint density at radius 1 is 0.833 bits per heavy atom. The van der Waals surface area contributed by atoms with Gasteiger partial charge in [0.1, 0.15) is 11.6 Å². The highest BCUT2D eigenvalue weighted by Gasteiger charge is 2.19. The van der Waals surface area contributed by atoms with E-state index in [4.69, 9.17) is 5.73 Å². The van der Waals surface area contributed by atoms with E-state index in [1.807, 2.05) is 0 Å². The summed E-state index contributed by atoms with van der Waals surface area (Å²) in [6.45, 7) is 0. The first-order valence-electron chi connectivity index (χ1n) is 4.96. The molecular formula is C12H9F2NO2S. The lowest BCUT2D eigenvalue weighted by molar-refractivity contribution is 0.567. The van der Waals surface area contributed by atoms with E-state index in [1.54, 1.807) is 0 Å². The molecule has 0 radical (unpaired) electrons. The Kier molecular flexibility index (Phi) is 3.04. The Morgan fingerprint density at radius 3 is 1.83 bits per heavy atom. The van der Waals surface area contributed by atoms with Crippen LogP contribution in [0, 0.1) is 11.6 Å². The smallest absolute Gasteiger partial charge is 0.206 e. The molecule has 2 rings (SSSR count). The van der Waals surface area contributed by atoms with Gasteiger partial charge in [-0.15, -0.1) is 0 Å². The number of nitrogens with two attached hydrogens (primary N) is 1. The van der Waals surface area contributed by atoms with Gasteiger partial charge in [0.05, 0.1) is 9.79 Å². The Bertz CT molecular complexity index is 661. The first-order chi connectivity index (χ1) is 8.39. The number of halogens is 2. The highest BCUT2D eigenvalue weighted by atomic mass is 32.2. The zero-order valence-electron chi connectivity index (χ0n) is 9.10. The van der Waals surface area contributed by atoms with Gasteiger partial charge in [-0.05, 0) is 36.4 Å². The van der Waals surface area contributed by atoms with Crippen molar-refractivity contribution in [3.63, 3.8) is 0 Å². The number of anilines is 1. The fourth-order valence-corrected chi connectivity index (χ4v) is 2.77. The van der Waals surface area contributed by atoms with Gasteiger partial charge in [-0.1, -0.05) is 0 Å². The predicted molar refractivity (Wildman–Crippen MR) is 62.7 cm³/mol. The first-order valence-corrected chi connectivity index (χ1v) is 6.44. The van der Waals surface area contributed by atoms with Gasteiger partial charge in [-0.2, -0.15) is 0 Å². The van der Waals surface area contributed by atoms with Crippen LogP contribution in [0.2, 0.25) is 0 Å². The van der Waals surface area contributed by atoms with Gasteiger partial charge in [-0.25, -0.2) is 17.2 Å². The van der Waals surface area contributed by atoms with Crippen LogP contribution in [0.5, 0.6) is 0 Å². The summed E-state index contributed by atoms with van der Waals surface area (Å²) in [5.74, 6) is -1.88. The van der Waals surface area contributed by atoms with E-state index >= 15 is 0 Å². The predicted octanol–water partition coefficient (Wildman–Crippen LogP) is 2.38. The quantitative estimate of drug-likeness (QED) is 0.851. The molecule has 0 saturated carbocycles. The van der Waals surface area contributed by atoms with Gasteiger partial charge in [0.2, 0.25) is 9.84 Å². The number of hydrogen-bond acceptors (Lipinski definition) is 3. The summed E-state index contributed by atoms with van der Waals surface area (Å²) in [6.07, 6.45) is 0. The molecule has 2 N–H and O–H groups in total. The van der Waals surface area contributed by atoms with E-state index in [0.29, 0.717) is 11.8 Å². The van der Waals surface area contributed by atoms with E-state index in [9.17, 15) is 17.2 Å². The topological polar surface area (TPSA) is 60.2 Å². The molecule has 0 heterocycles. The number of rotatable bonds is 2. The van der Waals surface area contributed by atoms with E-state index in [2.05, 4.69) is 0 Å². The molecule has 0 bridgehead atoms. The van der Waals surface area contributed by atoms with Crippen molar-refractivity contribution in [3.8, 4) is 0 Å². The molecule has 0 amide bonds. The minimum Gasteiger partial charge on any atom is -0.399 e. The lowest BCUT2D eigenvalue weighted by Gasteiger charge is -2.05. The molecule has 0 saturated heterocycles. The second-order valence-corrected chi connectivity index (χ2v) is 5.63. The van der Waals surface area contributed by atoms with Crippen LogP contribution >= 0.6 is 0 Å². The molecule has 0 aliphatic heterocycles.